The van der Waals surface area contributed by atoms with E-state index in [0.29, 0.717) is 35.0 Å². The second kappa shape index (κ2) is 10.1. The second-order valence-corrected chi connectivity index (χ2v) is 8.23. The molecule has 1 N–H and O–H groups in total. The molecule has 2 aromatic heterocycles. The van der Waals surface area contributed by atoms with Crippen molar-refractivity contribution in [3.05, 3.63) is 71.2 Å². The molecule has 1 fully saturated rings. The van der Waals surface area contributed by atoms with Gasteiger partial charge >= 0.3 is 0 Å². The van der Waals surface area contributed by atoms with Crippen LogP contribution in [0.3, 0.4) is 0 Å². The van der Waals surface area contributed by atoms with Gasteiger partial charge in [0.25, 0.3) is 11.7 Å². The van der Waals surface area contributed by atoms with Crippen LogP contribution in [-0.2, 0) is 14.3 Å². The Kier molecular flexibility index (Phi) is 6.98. The van der Waals surface area contributed by atoms with Crippen LogP contribution < -0.4 is 4.74 Å². The minimum atomic E-state index is -0.779. The smallest absolute Gasteiger partial charge is 0.295 e. The normalized spacial score (nSPS) is 17.6. The summed E-state index contributed by atoms with van der Waals surface area (Å²) in [5.74, 6) is -1.01. The number of ether oxygens (including phenoxy) is 2. The fraction of sp³-hybridized carbons (Fsp3) is 0.346. The maximum Gasteiger partial charge on any atom is 0.295 e. The predicted molar refractivity (Wildman–Crippen MR) is 128 cm³/mol. The van der Waals surface area contributed by atoms with Gasteiger partial charge < -0.3 is 19.5 Å². The van der Waals surface area contributed by atoms with E-state index in [1.807, 2.05) is 42.5 Å². The van der Waals surface area contributed by atoms with E-state index in [9.17, 15) is 14.7 Å². The number of Topliss-reactive ketones (excluding diaryl/α,β-unsaturated/α-hetero) is 1. The zero-order valence-corrected chi connectivity index (χ0v) is 19.7. The molecule has 1 aliphatic rings. The fourth-order valence-electron chi connectivity index (χ4n) is 4.28. The van der Waals surface area contributed by atoms with Gasteiger partial charge in [-0.05, 0) is 43.2 Å². The Morgan fingerprint density at radius 3 is 2.74 bits per heavy atom. The Balaban J connectivity index is 1.86. The van der Waals surface area contributed by atoms with E-state index in [1.54, 1.807) is 17.5 Å². The van der Waals surface area contributed by atoms with Gasteiger partial charge in [0.1, 0.15) is 17.1 Å². The van der Waals surface area contributed by atoms with Gasteiger partial charge in [-0.2, -0.15) is 0 Å². The molecule has 1 saturated heterocycles. The lowest BCUT2D eigenvalue weighted by Gasteiger charge is -2.25. The van der Waals surface area contributed by atoms with Gasteiger partial charge in [-0.15, -0.1) is 0 Å². The molecule has 1 unspecified atom stereocenters. The lowest BCUT2D eigenvalue weighted by Crippen LogP contribution is -2.32. The van der Waals surface area contributed by atoms with Crippen molar-refractivity contribution >= 4 is 23.1 Å². The summed E-state index contributed by atoms with van der Waals surface area (Å²) in [7, 11) is 1.54. The first kappa shape index (κ1) is 23.5. The summed E-state index contributed by atoms with van der Waals surface area (Å²) in [6, 6.07) is 12.0. The number of nitrogens with zero attached hydrogens (tertiary/aromatic N) is 3. The van der Waals surface area contributed by atoms with E-state index >= 15 is 0 Å². The number of amides is 1. The molecule has 3 aromatic rings. The van der Waals surface area contributed by atoms with E-state index in [2.05, 4.69) is 11.9 Å². The number of fused-ring (bicyclic) bond motifs is 1. The summed E-state index contributed by atoms with van der Waals surface area (Å²) in [4.78, 5) is 32.2. The van der Waals surface area contributed by atoms with Gasteiger partial charge in [-0.1, -0.05) is 31.5 Å². The molecule has 178 valence electrons. The van der Waals surface area contributed by atoms with E-state index < -0.39 is 17.7 Å². The summed E-state index contributed by atoms with van der Waals surface area (Å²) >= 11 is 0. The largest absolute Gasteiger partial charge is 0.505 e. The number of likely N-dealkylation sites (tertiary alicyclic amines) is 1. The first-order valence-electron chi connectivity index (χ1n) is 11.4. The van der Waals surface area contributed by atoms with Crippen LogP contribution in [0.1, 0.15) is 42.8 Å². The third-order valence-corrected chi connectivity index (χ3v) is 5.95. The molecule has 8 nitrogen and oxygen atoms in total. The summed E-state index contributed by atoms with van der Waals surface area (Å²) in [5, 5.41) is 11.5. The number of aliphatic hydroxyl groups excluding tert-OH is 1. The first-order chi connectivity index (χ1) is 16.5. The lowest BCUT2D eigenvalue weighted by atomic mass is 9.96. The molecular formula is C26H29N3O5. The Labute approximate surface area is 198 Å². The van der Waals surface area contributed by atoms with Crippen LogP contribution in [-0.4, -0.2) is 57.9 Å². The Morgan fingerprint density at radius 2 is 1.97 bits per heavy atom. The molecule has 1 aliphatic heterocycles. The Morgan fingerprint density at radius 1 is 1.15 bits per heavy atom. The number of carbonyl (C=O) groups excluding carboxylic acids is 2. The molecule has 0 saturated carbocycles. The maximum atomic E-state index is 13.2. The number of aryl methyl sites for hydroxylation is 1. The number of methoxy groups -OCH3 is 1. The summed E-state index contributed by atoms with van der Waals surface area (Å²) in [6.45, 7) is 4.89. The van der Waals surface area contributed by atoms with Crippen LogP contribution in [0.15, 0.2) is 54.2 Å². The molecule has 1 atom stereocenters. The molecule has 0 aliphatic carbocycles. The molecule has 0 radical (unpaired) electrons. The third-order valence-electron chi connectivity index (χ3n) is 5.95. The van der Waals surface area contributed by atoms with Crippen LogP contribution in [0.5, 0.6) is 5.75 Å². The van der Waals surface area contributed by atoms with Crippen LogP contribution in [0, 0.1) is 6.92 Å². The van der Waals surface area contributed by atoms with Gasteiger partial charge in [0.05, 0.1) is 30.5 Å². The highest BCUT2D eigenvalue weighted by Gasteiger charge is 2.46. The van der Waals surface area contributed by atoms with Crippen molar-refractivity contribution in [1.29, 1.82) is 0 Å². The van der Waals surface area contributed by atoms with Crippen molar-refractivity contribution in [1.82, 2.24) is 14.3 Å². The number of ketones is 1. The predicted octanol–water partition coefficient (Wildman–Crippen LogP) is 3.89. The number of unbranched alkanes of at least 4 members (excludes halogenated alkanes) is 1. The van der Waals surface area contributed by atoms with Crippen molar-refractivity contribution < 1.29 is 24.2 Å². The first-order valence-corrected chi connectivity index (χ1v) is 11.4. The van der Waals surface area contributed by atoms with Crippen molar-refractivity contribution in [2.75, 3.05) is 26.9 Å². The van der Waals surface area contributed by atoms with Gasteiger partial charge in [0.2, 0.25) is 0 Å². The molecule has 1 amide bonds. The number of imidazole rings is 1. The van der Waals surface area contributed by atoms with Gasteiger partial charge in [-0.3, -0.25) is 14.0 Å². The maximum absolute atomic E-state index is 13.2. The molecular weight excluding hydrogens is 434 g/mol. The van der Waals surface area contributed by atoms with Crippen LogP contribution in [0.4, 0.5) is 0 Å². The summed E-state index contributed by atoms with van der Waals surface area (Å²) in [5.41, 5.74) is 2.29. The number of benzene rings is 1. The molecule has 34 heavy (non-hydrogen) atoms. The van der Waals surface area contributed by atoms with E-state index in [0.717, 1.165) is 12.8 Å². The topological polar surface area (TPSA) is 93.4 Å². The van der Waals surface area contributed by atoms with Gasteiger partial charge in [0, 0.05) is 19.9 Å². The van der Waals surface area contributed by atoms with Crippen molar-refractivity contribution in [3.63, 3.8) is 0 Å². The quantitative estimate of drug-likeness (QED) is 0.224. The minimum absolute atomic E-state index is 0.0283. The van der Waals surface area contributed by atoms with Crippen LogP contribution >= 0.6 is 0 Å². The summed E-state index contributed by atoms with van der Waals surface area (Å²) in [6.07, 6.45) is 3.70. The van der Waals surface area contributed by atoms with E-state index in [-0.39, 0.29) is 24.5 Å². The van der Waals surface area contributed by atoms with Gasteiger partial charge in [-0.25, -0.2) is 4.98 Å². The van der Waals surface area contributed by atoms with E-state index in [4.69, 9.17) is 9.47 Å². The zero-order valence-electron chi connectivity index (χ0n) is 19.7. The Hall–Kier alpha value is -3.65. The third kappa shape index (κ3) is 4.28. The number of hydrogen-bond acceptors (Lipinski definition) is 6. The number of rotatable bonds is 9. The molecule has 1 aromatic carbocycles. The van der Waals surface area contributed by atoms with Crippen molar-refractivity contribution in [2.45, 2.75) is 32.7 Å². The molecule has 0 bridgehead atoms. The highest BCUT2D eigenvalue weighted by molar-refractivity contribution is 6.46. The Bertz CT molecular complexity index is 1250. The summed E-state index contributed by atoms with van der Waals surface area (Å²) < 4.78 is 12.8. The lowest BCUT2D eigenvalue weighted by molar-refractivity contribution is -0.140. The zero-order chi connectivity index (χ0) is 24.2. The number of pyridine rings is 1. The number of aliphatic hydroxyl groups is 1. The SMILES string of the molecule is CCCCOc1cccc(C2/C(=C(\O)c3c(C)nc4ccccn34)C(=O)C(=O)N2CCOC)c1. The average molecular weight is 464 g/mol. The minimum Gasteiger partial charge on any atom is -0.505 e. The standard InChI is InChI=1S/C26H29N3O5/c1-4-5-14-34-19-10-8-9-18(16-19)23-21(25(31)26(32)29(23)13-15-33-3)24(30)22-17(2)27-20-11-6-7-12-28(20)22/h6-12,16,23,30H,4-5,13-15H2,1-3H3/b24-21+. The van der Waals surface area contributed by atoms with Crippen molar-refractivity contribution in [2.24, 2.45) is 0 Å². The average Bonchev–Trinajstić information content (AvgIpc) is 3.30. The molecule has 0 spiro atoms. The number of hydrogen-bond donors (Lipinski definition) is 1. The second-order valence-electron chi connectivity index (χ2n) is 8.23. The molecule has 4 rings (SSSR count). The van der Waals surface area contributed by atoms with E-state index in [1.165, 1.54) is 12.0 Å². The highest BCUT2D eigenvalue weighted by atomic mass is 16.5. The van der Waals surface area contributed by atoms with Crippen molar-refractivity contribution in [3.8, 4) is 5.75 Å². The number of aromatic nitrogens is 2. The monoisotopic (exact) mass is 463 g/mol. The van der Waals surface area contributed by atoms with Crippen LogP contribution in [0.25, 0.3) is 11.4 Å². The molecule has 8 heteroatoms. The molecule has 3 heterocycles. The highest BCUT2D eigenvalue weighted by Crippen LogP contribution is 2.40. The van der Waals surface area contributed by atoms with Crippen LogP contribution in [0.2, 0.25) is 0 Å². The van der Waals surface area contributed by atoms with Gasteiger partial charge in [0.15, 0.2) is 5.76 Å². The fourth-order valence-corrected chi connectivity index (χ4v) is 4.28. The number of carbonyl (C=O) groups is 2.